The zero-order valence-electron chi connectivity index (χ0n) is 32.9. The Balaban J connectivity index is 0.833. The van der Waals surface area contributed by atoms with Crippen molar-refractivity contribution in [1.29, 1.82) is 0 Å². The Labute approximate surface area is 337 Å². The quantitative estimate of drug-likeness (QED) is 0.232. The number of pyridine rings is 1. The number of imide groups is 1. The predicted molar refractivity (Wildman–Crippen MR) is 211 cm³/mol. The van der Waals surface area contributed by atoms with Gasteiger partial charge in [-0.2, -0.15) is 13.2 Å². The number of benzene rings is 2. The van der Waals surface area contributed by atoms with Crippen LogP contribution in [0.5, 0.6) is 0 Å². The first-order valence-electron chi connectivity index (χ1n) is 20.1. The van der Waals surface area contributed by atoms with E-state index in [0.29, 0.717) is 42.4 Å². The first-order valence-corrected chi connectivity index (χ1v) is 20.1. The monoisotopic (exact) mass is 810 g/mol. The highest BCUT2D eigenvalue weighted by atomic mass is 19.4. The molecule has 5 aromatic rings. The van der Waals surface area contributed by atoms with Crippen LogP contribution >= 0.6 is 0 Å². The van der Waals surface area contributed by atoms with E-state index in [2.05, 4.69) is 30.2 Å². The van der Waals surface area contributed by atoms with Gasteiger partial charge in [-0.1, -0.05) is 19.1 Å². The minimum atomic E-state index is -4.66. The van der Waals surface area contributed by atoms with Crippen molar-refractivity contribution in [2.45, 2.75) is 69.9 Å². The highest BCUT2D eigenvalue weighted by molar-refractivity contribution is 6.05. The number of hydrogen-bond acceptors (Lipinski definition) is 9. The number of halogens is 3. The second-order valence-electron chi connectivity index (χ2n) is 16.2. The summed E-state index contributed by atoms with van der Waals surface area (Å²) in [6.45, 7) is 7.37. The number of piperazine rings is 1. The average molecular weight is 811 g/mol. The number of alkyl halides is 3. The summed E-state index contributed by atoms with van der Waals surface area (Å²) in [5, 5.41) is 10.5. The lowest BCUT2D eigenvalue weighted by atomic mass is 10.00. The number of aryl methyl sites for hydroxylation is 1. The number of nitrogens with zero attached hydrogens (tertiary/aromatic N) is 9. The number of fused-ring (bicyclic) bond motifs is 2. The van der Waals surface area contributed by atoms with Crippen molar-refractivity contribution in [3.05, 3.63) is 111 Å². The maximum atomic E-state index is 14.6. The van der Waals surface area contributed by atoms with Crippen LogP contribution in [0, 0.1) is 0 Å². The highest BCUT2D eigenvalue weighted by Crippen LogP contribution is 2.35. The van der Waals surface area contributed by atoms with Crippen LogP contribution in [-0.2, 0) is 35.9 Å². The summed E-state index contributed by atoms with van der Waals surface area (Å²) in [5.74, 6) is -0.353. The molecule has 17 heteroatoms. The third-order valence-corrected chi connectivity index (χ3v) is 12.6. The van der Waals surface area contributed by atoms with Gasteiger partial charge in [-0.3, -0.25) is 38.5 Å². The summed E-state index contributed by atoms with van der Waals surface area (Å²) in [7, 11) is 1.84. The molecule has 308 valence electrons. The fraction of sp³-hybridized carbons (Fsp3) is 0.429. The molecule has 2 atom stereocenters. The molecule has 0 aliphatic carbocycles. The second kappa shape index (κ2) is 15.1. The Morgan fingerprint density at radius 2 is 1.68 bits per heavy atom. The largest absolute Gasteiger partial charge is 0.418 e. The molecule has 7 heterocycles. The fourth-order valence-electron chi connectivity index (χ4n) is 9.32. The van der Waals surface area contributed by atoms with Crippen LogP contribution < -0.4 is 15.9 Å². The van der Waals surface area contributed by atoms with Gasteiger partial charge in [-0.05, 0) is 85.4 Å². The molecular weight excluding hydrogens is 766 g/mol. The van der Waals surface area contributed by atoms with Crippen molar-refractivity contribution in [3.8, 4) is 5.69 Å². The SMILES string of the molecule is C[C@H](c1cccc(-n2cc3c(C(F)(F)F)cc(CN4CCC(N5CCN(c6ccc7c(c6)CN([C@@H]6CCC(=O)NC6=O)C7=O)CC5)CC4)cn3c2=O)c1)c1nncn1C. The van der Waals surface area contributed by atoms with Crippen LogP contribution in [0.2, 0.25) is 0 Å². The van der Waals surface area contributed by atoms with E-state index in [9.17, 15) is 32.3 Å². The summed E-state index contributed by atoms with van der Waals surface area (Å²) < 4.78 is 47.9. The molecule has 3 amide bonds. The number of carbonyl (C=O) groups excluding carboxylic acids is 3. The van der Waals surface area contributed by atoms with Gasteiger partial charge in [0.2, 0.25) is 11.8 Å². The Morgan fingerprint density at radius 3 is 2.39 bits per heavy atom. The van der Waals surface area contributed by atoms with E-state index < -0.39 is 29.4 Å². The van der Waals surface area contributed by atoms with E-state index >= 15 is 0 Å². The van der Waals surface area contributed by atoms with Crippen molar-refractivity contribution in [2.75, 3.05) is 44.2 Å². The van der Waals surface area contributed by atoms with Gasteiger partial charge in [0.1, 0.15) is 18.2 Å². The van der Waals surface area contributed by atoms with E-state index in [1.807, 2.05) is 42.8 Å². The van der Waals surface area contributed by atoms with Gasteiger partial charge < -0.3 is 14.4 Å². The van der Waals surface area contributed by atoms with Crippen molar-refractivity contribution in [1.82, 2.24) is 43.7 Å². The number of likely N-dealkylation sites (tertiary alicyclic amines) is 1. The molecule has 14 nitrogen and oxygen atoms in total. The van der Waals surface area contributed by atoms with E-state index in [-0.39, 0.29) is 29.7 Å². The molecule has 3 fully saturated rings. The third-order valence-electron chi connectivity index (χ3n) is 12.6. The molecule has 9 rings (SSSR count). The minimum Gasteiger partial charge on any atom is -0.369 e. The van der Waals surface area contributed by atoms with E-state index in [1.165, 1.54) is 16.8 Å². The standard InChI is InChI=1S/C42H45F3N10O4/c1-26(38-48-46-25-49(38)2)28-4-3-5-32(19-28)53-24-36-34(42(43,44)45)18-27(22-55(36)41(53)59)21-50-12-10-30(11-13-50)51-14-16-52(17-15-51)31-6-7-33-29(20-31)23-54(40(33)58)35-8-9-37(56)47-39(35)57/h3-7,18-20,22,24-26,30,35H,8-17,21,23H2,1-2H3,(H,47,56,57)/t26-,35-/m1/s1. The summed E-state index contributed by atoms with van der Waals surface area (Å²) in [6, 6.07) is 13.9. The van der Waals surface area contributed by atoms with Crippen LogP contribution in [0.15, 0.2) is 72.0 Å². The first-order chi connectivity index (χ1) is 28.3. The Hall–Kier alpha value is -5.81. The Bertz CT molecular complexity index is 2510. The lowest BCUT2D eigenvalue weighted by Gasteiger charge is -2.43. The van der Waals surface area contributed by atoms with Crippen molar-refractivity contribution in [3.63, 3.8) is 0 Å². The Morgan fingerprint density at radius 1 is 0.898 bits per heavy atom. The van der Waals surface area contributed by atoms with Crippen molar-refractivity contribution < 1.29 is 27.6 Å². The molecular formula is C42H45F3N10O4. The molecule has 0 spiro atoms. The Kier molecular flexibility index (Phi) is 9.90. The number of carbonyl (C=O) groups is 3. The number of imidazole rings is 1. The van der Waals surface area contributed by atoms with Gasteiger partial charge >= 0.3 is 11.9 Å². The molecule has 0 unspecified atom stereocenters. The molecule has 1 N–H and O–H groups in total. The molecule has 3 saturated heterocycles. The topological polar surface area (TPSA) is 133 Å². The normalized spacial score (nSPS) is 20.4. The molecule has 2 aromatic carbocycles. The van der Waals surface area contributed by atoms with Crippen LogP contribution in [-0.4, -0.2) is 108 Å². The molecule has 0 saturated carbocycles. The molecule has 59 heavy (non-hydrogen) atoms. The van der Waals surface area contributed by atoms with Gasteiger partial charge in [0.25, 0.3) is 5.91 Å². The molecule has 3 aromatic heterocycles. The number of rotatable bonds is 8. The lowest BCUT2D eigenvalue weighted by molar-refractivity contribution is -0.137. The first kappa shape index (κ1) is 38.7. The number of anilines is 1. The molecule has 4 aliphatic heterocycles. The van der Waals surface area contributed by atoms with Gasteiger partial charge in [0.15, 0.2) is 0 Å². The molecule has 0 bridgehead atoms. The smallest absolute Gasteiger partial charge is 0.369 e. The summed E-state index contributed by atoms with van der Waals surface area (Å²) in [5.41, 5.74) is 2.63. The zero-order valence-corrected chi connectivity index (χ0v) is 32.9. The maximum Gasteiger partial charge on any atom is 0.418 e. The number of piperidine rings is 2. The predicted octanol–water partition coefficient (Wildman–Crippen LogP) is 3.94. The van der Waals surface area contributed by atoms with Crippen molar-refractivity contribution in [2.24, 2.45) is 7.05 Å². The minimum absolute atomic E-state index is 0.159. The van der Waals surface area contributed by atoms with Crippen LogP contribution in [0.4, 0.5) is 18.9 Å². The number of hydrogen-bond donors (Lipinski definition) is 1. The van der Waals surface area contributed by atoms with E-state index in [0.717, 1.165) is 79.1 Å². The maximum absolute atomic E-state index is 14.6. The molecule has 0 radical (unpaired) electrons. The number of amides is 3. The third kappa shape index (κ3) is 7.30. The van der Waals surface area contributed by atoms with E-state index in [4.69, 9.17) is 0 Å². The average Bonchev–Trinajstić information content (AvgIpc) is 3.91. The van der Waals surface area contributed by atoms with Crippen LogP contribution in [0.25, 0.3) is 11.2 Å². The van der Waals surface area contributed by atoms with Crippen LogP contribution in [0.1, 0.15) is 77.0 Å². The summed E-state index contributed by atoms with van der Waals surface area (Å²) in [6.07, 6.45) is 2.06. The molecule has 4 aliphatic rings. The van der Waals surface area contributed by atoms with Gasteiger partial charge in [0.05, 0.1) is 16.8 Å². The zero-order chi connectivity index (χ0) is 41.2. The summed E-state index contributed by atoms with van der Waals surface area (Å²) in [4.78, 5) is 59.6. The second-order valence-corrected chi connectivity index (χ2v) is 16.2. The number of aromatic nitrogens is 5. The van der Waals surface area contributed by atoms with Gasteiger partial charge in [0, 0.05) is 88.3 Å². The summed E-state index contributed by atoms with van der Waals surface area (Å²) >= 11 is 0. The van der Waals surface area contributed by atoms with Crippen LogP contribution in [0.3, 0.4) is 0 Å². The highest BCUT2D eigenvalue weighted by Gasteiger charge is 2.40. The van der Waals surface area contributed by atoms with Gasteiger partial charge in [-0.15, -0.1) is 10.2 Å². The van der Waals surface area contributed by atoms with E-state index in [1.54, 1.807) is 35.6 Å². The number of nitrogens with one attached hydrogen (secondary N) is 1. The van der Waals surface area contributed by atoms with Crippen molar-refractivity contribution >= 4 is 28.9 Å². The van der Waals surface area contributed by atoms with Gasteiger partial charge in [-0.25, -0.2) is 4.79 Å². The fourth-order valence-corrected chi connectivity index (χ4v) is 9.32. The lowest BCUT2D eigenvalue weighted by Crippen LogP contribution is -2.53.